The standard InChI is InChI=1S/C20H21N7OS2/c1-12-7-13(2)9-14(8-12)22-15(28)10-29-20-25-24-18-16-17(21-11-27(18)20)23-19(30-16)26-5-3-4-6-26/h7-9,11H,3-6,10H2,1-2H3,(H,22,28). The number of carbonyl (C=O) groups is 1. The van der Waals surface area contributed by atoms with Crippen molar-refractivity contribution in [1.29, 1.82) is 0 Å². The molecule has 0 saturated carbocycles. The van der Waals surface area contributed by atoms with Crippen LogP contribution in [0.3, 0.4) is 0 Å². The molecule has 1 aliphatic heterocycles. The van der Waals surface area contributed by atoms with E-state index in [4.69, 9.17) is 0 Å². The van der Waals surface area contributed by atoms with Crippen molar-refractivity contribution in [1.82, 2.24) is 24.6 Å². The van der Waals surface area contributed by atoms with E-state index in [2.05, 4.69) is 36.4 Å². The van der Waals surface area contributed by atoms with Crippen LogP contribution in [0.25, 0.3) is 16.0 Å². The topological polar surface area (TPSA) is 88.3 Å². The first-order valence-electron chi connectivity index (χ1n) is 9.83. The number of benzene rings is 1. The fraction of sp³-hybridized carbons (Fsp3) is 0.350. The number of aryl methyl sites for hydroxylation is 2. The maximum Gasteiger partial charge on any atom is 0.234 e. The molecule has 10 heteroatoms. The Balaban J connectivity index is 1.33. The van der Waals surface area contributed by atoms with Crippen LogP contribution in [0, 0.1) is 13.8 Å². The monoisotopic (exact) mass is 439 g/mol. The molecule has 3 aromatic heterocycles. The highest BCUT2D eigenvalue weighted by Gasteiger charge is 2.20. The van der Waals surface area contributed by atoms with Crippen molar-refractivity contribution in [3.05, 3.63) is 35.7 Å². The minimum atomic E-state index is -0.0788. The molecule has 1 aromatic carbocycles. The Bertz CT molecular complexity index is 1220. The van der Waals surface area contributed by atoms with E-state index in [1.807, 2.05) is 30.4 Å². The molecule has 30 heavy (non-hydrogen) atoms. The first-order valence-corrected chi connectivity index (χ1v) is 11.6. The molecule has 1 saturated heterocycles. The second kappa shape index (κ2) is 7.84. The van der Waals surface area contributed by atoms with Crippen LogP contribution in [0.5, 0.6) is 0 Å². The lowest BCUT2D eigenvalue weighted by atomic mass is 10.1. The molecule has 0 radical (unpaired) electrons. The Morgan fingerprint density at radius 3 is 2.70 bits per heavy atom. The van der Waals surface area contributed by atoms with Crippen molar-refractivity contribution in [3.63, 3.8) is 0 Å². The summed E-state index contributed by atoms with van der Waals surface area (Å²) in [6.07, 6.45) is 4.10. The molecule has 154 valence electrons. The number of nitrogens with one attached hydrogen (secondary N) is 1. The van der Waals surface area contributed by atoms with Gasteiger partial charge >= 0.3 is 0 Å². The Hall–Kier alpha value is -2.72. The lowest BCUT2D eigenvalue weighted by Gasteiger charge is -2.11. The van der Waals surface area contributed by atoms with E-state index in [1.54, 1.807) is 17.7 Å². The Morgan fingerprint density at radius 1 is 1.17 bits per heavy atom. The summed E-state index contributed by atoms with van der Waals surface area (Å²) in [6.45, 7) is 6.11. The molecule has 5 rings (SSSR count). The molecule has 8 nitrogen and oxygen atoms in total. The molecule has 0 atom stereocenters. The van der Waals surface area contributed by atoms with E-state index in [-0.39, 0.29) is 11.7 Å². The summed E-state index contributed by atoms with van der Waals surface area (Å²) in [6, 6.07) is 6.00. The Kier molecular flexibility index (Phi) is 5.03. The Morgan fingerprint density at radius 2 is 1.93 bits per heavy atom. The van der Waals surface area contributed by atoms with Gasteiger partial charge in [-0.05, 0) is 49.9 Å². The second-order valence-electron chi connectivity index (χ2n) is 7.48. The zero-order chi connectivity index (χ0) is 20.7. The molecule has 0 bridgehead atoms. The Labute approximate surface area is 181 Å². The number of hydrogen-bond donors (Lipinski definition) is 1. The number of amides is 1. The van der Waals surface area contributed by atoms with Crippen LogP contribution in [0.1, 0.15) is 24.0 Å². The maximum atomic E-state index is 12.4. The maximum absolute atomic E-state index is 12.4. The highest BCUT2D eigenvalue weighted by atomic mass is 32.2. The number of thioether (sulfide) groups is 1. The highest BCUT2D eigenvalue weighted by Crippen LogP contribution is 2.32. The molecule has 1 N–H and O–H groups in total. The van der Waals surface area contributed by atoms with Crippen LogP contribution >= 0.6 is 23.1 Å². The van der Waals surface area contributed by atoms with Gasteiger partial charge in [0.15, 0.2) is 21.6 Å². The lowest BCUT2D eigenvalue weighted by molar-refractivity contribution is -0.113. The number of nitrogens with zero attached hydrogens (tertiary/aromatic N) is 6. The fourth-order valence-electron chi connectivity index (χ4n) is 3.70. The van der Waals surface area contributed by atoms with Gasteiger partial charge in [-0.1, -0.05) is 29.2 Å². The predicted molar refractivity (Wildman–Crippen MR) is 121 cm³/mol. The quantitative estimate of drug-likeness (QED) is 0.475. The first kappa shape index (κ1) is 19.3. The van der Waals surface area contributed by atoms with Crippen molar-refractivity contribution < 1.29 is 4.79 Å². The van der Waals surface area contributed by atoms with E-state index in [1.165, 1.54) is 24.6 Å². The SMILES string of the molecule is Cc1cc(C)cc(NC(=O)CSc2nnc3c4sc(N5CCCC5)nc4ncn23)c1. The van der Waals surface area contributed by atoms with Crippen LogP contribution in [-0.2, 0) is 4.79 Å². The largest absolute Gasteiger partial charge is 0.348 e. The molecule has 1 fully saturated rings. The molecular formula is C20H21N7OS2. The van der Waals surface area contributed by atoms with Gasteiger partial charge in [-0.15, -0.1) is 10.2 Å². The number of rotatable bonds is 5. The molecule has 0 unspecified atom stereocenters. The summed E-state index contributed by atoms with van der Waals surface area (Å²) >= 11 is 2.95. The van der Waals surface area contributed by atoms with E-state index >= 15 is 0 Å². The average Bonchev–Trinajstić information content (AvgIpc) is 3.43. The minimum Gasteiger partial charge on any atom is -0.348 e. The van der Waals surface area contributed by atoms with Crippen LogP contribution in [0.4, 0.5) is 10.8 Å². The van der Waals surface area contributed by atoms with Gasteiger partial charge in [0.05, 0.1) is 5.75 Å². The van der Waals surface area contributed by atoms with Gasteiger partial charge in [-0.2, -0.15) is 4.98 Å². The van der Waals surface area contributed by atoms with Crippen molar-refractivity contribution >= 4 is 55.8 Å². The first-order chi connectivity index (χ1) is 14.6. The van der Waals surface area contributed by atoms with Gasteiger partial charge in [0.1, 0.15) is 11.0 Å². The molecule has 1 amide bonds. The molecule has 0 aliphatic carbocycles. The van der Waals surface area contributed by atoms with Crippen molar-refractivity contribution in [2.24, 2.45) is 0 Å². The van der Waals surface area contributed by atoms with E-state index in [9.17, 15) is 4.79 Å². The second-order valence-corrected chi connectivity index (χ2v) is 9.40. The third kappa shape index (κ3) is 3.72. The summed E-state index contributed by atoms with van der Waals surface area (Å²) in [4.78, 5) is 23.9. The molecule has 4 heterocycles. The number of anilines is 2. The number of carbonyl (C=O) groups excluding carboxylic acids is 1. The molecular weight excluding hydrogens is 418 g/mol. The molecule has 1 aliphatic rings. The summed E-state index contributed by atoms with van der Waals surface area (Å²) < 4.78 is 2.77. The molecule has 4 aromatic rings. The van der Waals surface area contributed by atoms with Crippen LogP contribution in [0.15, 0.2) is 29.7 Å². The third-order valence-electron chi connectivity index (χ3n) is 4.98. The van der Waals surface area contributed by atoms with Crippen molar-refractivity contribution in [2.75, 3.05) is 29.1 Å². The molecule has 0 spiro atoms. The number of fused-ring (bicyclic) bond motifs is 3. The predicted octanol–water partition coefficient (Wildman–Crippen LogP) is 3.68. The summed E-state index contributed by atoms with van der Waals surface area (Å²) in [5.41, 5.74) is 4.49. The third-order valence-corrected chi connectivity index (χ3v) is 7.02. The van der Waals surface area contributed by atoms with Gasteiger partial charge in [-0.3, -0.25) is 9.20 Å². The number of aromatic nitrogens is 5. The van der Waals surface area contributed by atoms with Crippen LogP contribution in [-0.4, -0.2) is 49.3 Å². The van der Waals surface area contributed by atoms with Gasteiger partial charge < -0.3 is 10.2 Å². The minimum absolute atomic E-state index is 0.0788. The van der Waals surface area contributed by atoms with Crippen molar-refractivity contribution in [2.45, 2.75) is 31.8 Å². The fourth-order valence-corrected chi connectivity index (χ4v) is 5.45. The van der Waals surface area contributed by atoms with Crippen LogP contribution < -0.4 is 10.2 Å². The average molecular weight is 440 g/mol. The smallest absolute Gasteiger partial charge is 0.234 e. The van der Waals surface area contributed by atoms with Crippen molar-refractivity contribution in [3.8, 4) is 0 Å². The van der Waals surface area contributed by atoms with Crippen LogP contribution in [0.2, 0.25) is 0 Å². The summed E-state index contributed by atoms with van der Waals surface area (Å²) in [5, 5.41) is 13.2. The van der Waals surface area contributed by atoms with Gasteiger partial charge in [0.25, 0.3) is 0 Å². The van der Waals surface area contributed by atoms with E-state index in [0.717, 1.165) is 45.4 Å². The van der Waals surface area contributed by atoms with Gasteiger partial charge in [-0.25, -0.2) is 4.98 Å². The van der Waals surface area contributed by atoms with E-state index < -0.39 is 0 Å². The zero-order valence-corrected chi connectivity index (χ0v) is 18.4. The normalized spacial score (nSPS) is 14.1. The lowest BCUT2D eigenvalue weighted by Crippen LogP contribution is -2.16. The summed E-state index contributed by atoms with van der Waals surface area (Å²) in [7, 11) is 0. The highest BCUT2D eigenvalue weighted by molar-refractivity contribution is 7.99. The van der Waals surface area contributed by atoms with Gasteiger partial charge in [0, 0.05) is 18.8 Å². The van der Waals surface area contributed by atoms with E-state index in [0.29, 0.717) is 10.8 Å². The number of hydrogen-bond acceptors (Lipinski definition) is 8. The summed E-state index contributed by atoms with van der Waals surface area (Å²) in [5.74, 6) is 0.165. The zero-order valence-electron chi connectivity index (χ0n) is 16.8. The van der Waals surface area contributed by atoms with Gasteiger partial charge in [0.2, 0.25) is 5.91 Å². The number of thiazole rings is 1.